The van der Waals surface area contributed by atoms with Crippen LogP contribution in [0.2, 0.25) is 0 Å². The van der Waals surface area contributed by atoms with E-state index in [1.54, 1.807) is 0 Å². The van der Waals surface area contributed by atoms with Crippen molar-refractivity contribution in [2.75, 3.05) is 23.0 Å². The van der Waals surface area contributed by atoms with Crippen LogP contribution in [0.25, 0.3) is 21.5 Å². The molecule has 0 spiro atoms. The maximum Gasteiger partial charge on any atom is 0.119 e. The Labute approximate surface area is 321 Å². The molecule has 0 saturated carbocycles. The fourth-order valence-corrected chi connectivity index (χ4v) is 7.15. The SMILES string of the molecule is CCCCOc1ccc(N(c2ccc(C)cc2)c2c3ccc(C)cc3c(N(c3ccc(C)cc3)c3ccc(OCCCC)cc3)c3cc(C)ccc23)cc1. The van der Waals surface area contributed by atoms with Gasteiger partial charge in [-0.1, -0.05) is 97.5 Å². The zero-order chi connectivity index (χ0) is 37.6. The molecule has 54 heavy (non-hydrogen) atoms. The second kappa shape index (κ2) is 16.5. The van der Waals surface area contributed by atoms with E-state index >= 15 is 0 Å². The Morgan fingerprint density at radius 1 is 0.370 bits per heavy atom. The summed E-state index contributed by atoms with van der Waals surface area (Å²) < 4.78 is 12.2. The minimum absolute atomic E-state index is 0.721. The summed E-state index contributed by atoms with van der Waals surface area (Å²) in [4.78, 5) is 4.86. The van der Waals surface area contributed by atoms with Crippen molar-refractivity contribution >= 4 is 55.7 Å². The molecular weight excluding hydrogens is 661 g/mol. The highest BCUT2D eigenvalue weighted by Gasteiger charge is 2.26. The predicted molar refractivity (Wildman–Crippen MR) is 231 cm³/mol. The average Bonchev–Trinajstić information content (AvgIpc) is 3.18. The highest BCUT2D eigenvalue weighted by Crippen LogP contribution is 2.51. The quantitative estimate of drug-likeness (QED) is 0.0637. The summed E-state index contributed by atoms with van der Waals surface area (Å²) in [5, 5.41) is 4.71. The molecule has 0 aliphatic heterocycles. The van der Waals surface area contributed by atoms with E-state index in [2.05, 4.69) is 185 Å². The van der Waals surface area contributed by atoms with E-state index in [-0.39, 0.29) is 0 Å². The molecule has 0 fully saturated rings. The van der Waals surface area contributed by atoms with E-state index in [1.807, 2.05) is 0 Å². The van der Waals surface area contributed by atoms with E-state index in [4.69, 9.17) is 9.47 Å². The Bertz CT molecular complexity index is 2260. The smallest absolute Gasteiger partial charge is 0.119 e. The Morgan fingerprint density at radius 3 is 1.04 bits per heavy atom. The largest absolute Gasteiger partial charge is 0.494 e. The molecule has 0 amide bonds. The van der Waals surface area contributed by atoms with Gasteiger partial charge in [-0.25, -0.2) is 0 Å². The summed E-state index contributed by atoms with van der Waals surface area (Å²) in [6.45, 7) is 14.5. The van der Waals surface area contributed by atoms with Crippen molar-refractivity contribution < 1.29 is 9.47 Å². The van der Waals surface area contributed by atoms with Gasteiger partial charge in [0.25, 0.3) is 0 Å². The molecule has 7 rings (SSSR count). The standard InChI is InChI=1S/C50H52N2O2/c1-7-9-31-53-43-25-21-41(22-26-43)51(39-17-11-35(3)12-18-39)49-45-29-15-37(5)33-47(45)50(48-34-38(6)16-30-46(48)49)52(40-19-13-36(4)14-20-40)42-23-27-44(28-24-42)54-32-10-8-2/h11-30,33-34H,7-10,31-32H2,1-6H3. The minimum atomic E-state index is 0.721. The lowest BCUT2D eigenvalue weighted by Crippen LogP contribution is -2.15. The van der Waals surface area contributed by atoms with Crippen LogP contribution in [-0.4, -0.2) is 13.2 Å². The predicted octanol–water partition coefficient (Wildman–Crippen LogP) is 14.5. The van der Waals surface area contributed by atoms with Gasteiger partial charge in [-0.3, -0.25) is 0 Å². The normalized spacial score (nSPS) is 11.2. The summed E-state index contributed by atoms with van der Waals surface area (Å²) in [6.07, 6.45) is 4.29. The van der Waals surface area contributed by atoms with Gasteiger partial charge >= 0.3 is 0 Å². The first-order valence-electron chi connectivity index (χ1n) is 19.5. The molecule has 0 unspecified atom stereocenters. The van der Waals surface area contributed by atoms with Gasteiger partial charge in [-0.15, -0.1) is 0 Å². The fourth-order valence-electron chi connectivity index (χ4n) is 7.15. The minimum Gasteiger partial charge on any atom is -0.494 e. The maximum atomic E-state index is 6.11. The second-order valence-corrected chi connectivity index (χ2v) is 14.5. The van der Waals surface area contributed by atoms with Crippen LogP contribution in [0.4, 0.5) is 34.1 Å². The van der Waals surface area contributed by atoms with Gasteiger partial charge in [0, 0.05) is 44.3 Å². The Morgan fingerprint density at radius 2 is 0.685 bits per heavy atom. The molecule has 4 nitrogen and oxygen atoms in total. The van der Waals surface area contributed by atoms with Crippen LogP contribution < -0.4 is 19.3 Å². The first kappa shape index (κ1) is 36.6. The number of ether oxygens (including phenoxy) is 2. The van der Waals surface area contributed by atoms with Gasteiger partial charge in [0.15, 0.2) is 0 Å². The van der Waals surface area contributed by atoms with Crippen molar-refractivity contribution in [1.82, 2.24) is 0 Å². The maximum absolute atomic E-state index is 6.11. The third-order valence-corrected chi connectivity index (χ3v) is 10.1. The van der Waals surface area contributed by atoms with E-state index in [0.717, 1.165) is 84.5 Å². The van der Waals surface area contributed by atoms with Gasteiger partial charge in [0.05, 0.1) is 24.6 Å². The Kier molecular flexibility index (Phi) is 11.2. The zero-order valence-electron chi connectivity index (χ0n) is 32.7. The summed E-state index contributed by atoms with van der Waals surface area (Å²) >= 11 is 0. The molecule has 0 aromatic heterocycles. The number of hydrogen-bond donors (Lipinski definition) is 0. The molecule has 0 aliphatic rings. The van der Waals surface area contributed by atoms with Crippen LogP contribution in [-0.2, 0) is 0 Å². The van der Waals surface area contributed by atoms with Crippen molar-refractivity contribution in [2.24, 2.45) is 0 Å². The number of fused-ring (bicyclic) bond motifs is 2. The highest BCUT2D eigenvalue weighted by atomic mass is 16.5. The van der Waals surface area contributed by atoms with Crippen LogP contribution >= 0.6 is 0 Å². The van der Waals surface area contributed by atoms with Crippen molar-refractivity contribution in [3.63, 3.8) is 0 Å². The molecule has 4 heteroatoms. The van der Waals surface area contributed by atoms with Crippen LogP contribution in [0.1, 0.15) is 61.8 Å². The lowest BCUT2D eigenvalue weighted by molar-refractivity contribution is 0.309. The third kappa shape index (κ3) is 7.79. The zero-order valence-corrected chi connectivity index (χ0v) is 32.7. The lowest BCUT2D eigenvalue weighted by Gasteiger charge is -2.33. The van der Waals surface area contributed by atoms with E-state index < -0.39 is 0 Å². The van der Waals surface area contributed by atoms with Crippen LogP contribution in [0.3, 0.4) is 0 Å². The third-order valence-electron chi connectivity index (χ3n) is 10.1. The molecule has 0 aliphatic carbocycles. The Hall–Kier alpha value is -5.74. The van der Waals surface area contributed by atoms with Gasteiger partial charge in [-0.05, 0) is 125 Å². The lowest BCUT2D eigenvalue weighted by atomic mass is 9.93. The van der Waals surface area contributed by atoms with Crippen molar-refractivity contribution in [3.8, 4) is 11.5 Å². The van der Waals surface area contributed by atoms with Gasteiger partial charge < -0.3 is 19.3 Å². The molecule has 7 aromatic rings. The van der Waals surface area contributed by atoms with Crippen LogP contribution in [0.5, 0.6) is 11.5 Å². The van der Waals surface area contributed by atoms with Gasteiger partial charge in [-0.2, -0.15) is 0 Å². The summed E-state index contributed by atoms with van der Waals surface area (Å²) in [5.74, 6) is 1.78. The molecule has 0 saturated heterocycles. The topological polar surface area (TPSA) is 24.9 Å². The van der Waals surface area contributed by atoms with Gasteiger partial charge in [0.1, 0.15) is 11.5 Å². The first-order valence-corrected chi connectivity index (χ1v) is 19.5. The number of aryl methyl sites for hydroxylation is 4. The molecule has 0 radical (unpaired) electrons. The molecule has 0 heterocycles. The molecule has 0 bridgehead atoms. The number of rotatable bonds is 14. The monoisotopic (exact) mass is 712 g/mol. The fraction of sp³-hybridized carbons (Fsp3) is 0.240. The second-order valence-electron chi connectivity index (χ2n) is 14.5. The summed E-state index contributed by atoms with van der Waals surface area (Å²) in [6, 6.07) is 48.8. The van der Waals surface area contributed by atoms with Crippen molar-refractivity contribution in [3.05, 3.63) is 156 Å². The van der Waals surface area contributed by atoms with Crippen molar-refractivity contribution in [2.45, 2.75) is 67.2 Å². The summed E-state index contributed by atoms with van der Waals surface area (Å²) in [7, 11) is 0. The van der Waals surface area contributed by atoms with Crippen LogP contribution in [0.15, 0.2) is 133 Å². The molecule has 7 aromatic carbocycles. The molecule has 274 valence electrons. The molecular formula is C50H52N2O2. The number of nitrogens with zero attached hydrogens (tertiary/aromatic N) is 2. The van der Waals surface area contributed by atoms with E-state index in [1.165, 1.54) is 43.8 Å². The Balaban J connectivity index is 1.51. The van der Waals surface area contributed by atoms with Gasteiger partial charge in [0.2, 0.25) is 0 Å². The molecule has 0 atom stereocenters. The molecule has 0 N–H and O–H groups in total. The van der Waals surface area contributed by atoms with E-state index in [9.17, 15) is 0 Å². The highest BCUT2D eigenvalue weighted by molar-refractivity contribution is 6.23. The average molecular weight is 713 g/mol. The number of unbranched alkanes of at least 4 members (excludes halogenated alkanes) is 2. The number of anilines is 6. The van der Waals surface area contributed by atoms with Crippen molar-refractivity contribution in [1.29, 1.82) is 0 Å². The van der Waals surface area contributed by atoms with Crippen LogP contribution in [0, 0.1) is 27.7 Å². The number of hydrogen-bond acceptors (Lipinski definition) is 4. The first-order chi connectivity index (χ1) is 26.3. The van der Waals surface area contributed by atoms with E-state index in [0.29, 0.717) is 0 Å². The number of benzene rings is 7. The summed E-state index contributed by atoms with van der Waals surface area (Å²) in [5.41, 5.74) is 11.5.